The number of allylic oxidation sites excluding steroid dienone is 3. The van der Waals surface area contributed by atoms with Crippen LogP contribution in [0.4, 0.5) is 8.78 Å². The number of hydrogen-bond donors (Lipinski definition) is 1. The fourth-order valence-electron chi connectivity index (χ4n) is 2.10. The molecule has 0 fully saturated rings. The van der Waals surface area contributed by atoms with E-state index < -0.39 is 12.1 Å². The Kier molecular flexibility index (Phi) is 3.38. The Morgan fingerprint density at radius 2 is 1.94 bits per heavy atom. The second-order valence-corrected chi connectivity index (χ2v) is 4.29. The van der Waals surface area contributed by atoms with Crippen LogP contribution in [0.5, 0.6) is 0 Å². The zero-order chi connectivity index (χ0) is 12.3. The smallest absolute Gasteiger partial charge is 0.123 e. The maximum Gasteiger partial charge on any atom is 0.123 e. The number of hydrogen-bond acceptors (Lipinski definition) is 1. The van der Waals surface area contributed by atoms with E-state index in [1.807, 2.05) is 12.2 Å². The minimum absolute atomic E-state index is 0.253. The Balaban J connectivity index is 2.43. The lowest BCUT2D eigenvalue weighted by Crippen LogP contribution is -2.30. The van der Waals surface area contributed by atoms with Crippen molar-refractivity contribution in [3.63, 3.8) is 0 Å². The summed E-state index contributed by atoms with van der Waals surface area (Å²) in [4.78, 5) is 0. The van der Waals surface area contributed by atoms with Crippen molar-refractivity contribution in [2.75, 3.05) is 13.3 Å². The second kappa shape index (κ2) is 4.80. The number of rotatable bonds is 3. The van der Waals surface area contributed by atoms with Gasteiger partial charge in [0, 0.05) is 0 Å². The first kappa shape index (κ1) is 12.0. The van der Waals surface area contributed by atoms with Crippen LogP contribution in [0.3, 0.4) is 0 Å². The lowest BCUT2D eigenvalue weighted by atomic mass is 9.73. The van der Waals surface area contributed by atoms with E-state index in [-0.39, 0.29) is 12.4 Å². The van der Waals surface area contributed by atoms with Crippen LogP contribution in [0.2, 0.25) is 0 Å². The monoisotopic (exact) mass is 236 g/mol. The summed E-state index contributed by atoms with van der Waals surface area (Å²) in [5, 5.41) is 9.44. The van der Waals surface area contributed by atoms with Gasteiger partial charge in [-0.3, -0.25) is 4.39 Å². The molecular formula is C14H14F2O. The molecule has 1 N–H and O–H groups in total. The highest BCUT2D eigenvalue weighted by molar-refractivity contribution is 5.73. The molecule has 0 radical (unpaired) electrons. The van der Waals surface area contributed by atoms with E-state index in [0.29, 0.717) is 6.42 Å². The second-order valence-electron chi connectivity index (χ2n) is 4.29. The van der Waals surface area contributed by atoms with Crippen molar-refractivity contribution in [1.29, 1.82) is 0 Å². The number of alkyl halides is 1. The van der Waals surface area contributed by atoms with Gasteiger partial charge in [-0.05, 0) is 29.7 Å². The molecule has 1 atom stereocenters. The summed E-state index contributed by atoms with van der Waals surface area (Å²) >= 11 is 0. The molecule has 0 saturated carbocycles. The van der Waals surface area contributed by atoms with Crippen LogP contribution >= 0.6 is 0 Å². The molecule has 2 rings (SSSR count). The molecule has 1 aliphatic carbocycles. The molecular weight excluding hydrogens is 222 g/mol. The molecule has 1 aromatic rings. The predicted octanol–water partition coefficient (Wildman–Crippen LogP) is 3.12. The number of aliphatic hydroxyl groups is 1. The molecule has 3 heteroatoms. The van der Waals surface area contributed by atoms with Crippen molar-refractivity contribution in [2.24, 2.45) is 5.41 Å². The van der Waals surface area contributed by atoms with Gasteiger partial charge in [0.25, 0.3) is 0 Å². The molecule has 1 aliphatic rings. The summed E-state index contributed by atoms with van der Waals surface area (Å²) in [6, 6.07) is 5.91. The van der Waals surface area contributed by atoms with E-state index in [1.165, 1.54) is 12.1 Å². The van der Waals surface area contributed by atoms with Gasteiger partial charge < -0.3 is 5.11 Å². The number of aliphatic hydroxyl groups excluding tert-OH is 1. The van der Waals surface area contributed by atoms with Gasteiger partial charge in [0.15, 0.2) is 0 Å². The third kappa shape index (κ3) is 2.15. The van der Waals surface area contributed by atoms with Gasteiger partial charge in [-0.15, -0.1) is 0 Å². The van der Waals surface area contributed by atoms with Crippen molar-refractivity contribution in [1.82, 2.24) is 0 Å². The van der Waals surface area contributed by atoms with E-state index in [1.54, 1.807) is 18.2 Å². The van der Waals surface area contributed by atoms with Crippen molar-refractivity contribution in [3.05, 3.63) is 53.9 Å². The van der Waals surface area contributed by atoms with Gasteiger partial charge in [0.05, 0.1) is 12.0 Å². The van der Waals surface area contributed by atoms with Crippen molar-refractivity contribution in [3.8, 4) is 0 Å². The maximum atomic E-state index is 13.2. The van der Waals surface area contributed by atoms with Crippen molar-refractivity contribution in [2.45, 2.75) is 6.42 Å². The van der Waals surface area contributed by atoms with Gasteiger partial charge in [-0.1, -0.05) is 30.4 Å². The third-order valence-corrected chi connectivity index (χ3v) is 3.19. The van der Waals surface area contributed by atoms with E-state index >= 15 is 0 Å². The zero-order valence-corrected chi connectivity index (χ0v) is 9.37. The summed E-state index contributed by atoms with van der Waals surface area (Å²) in [6.07, 6.45) is 5.92. The third-order valence-electron chi connectivity index (χ3n) is 3.19. The summed E-state index contributed by atoms with van der Waals surface area (Å²) in [6.45, 7) is -0.881. The highest BCUT2D eigenvalue weighted by Crippen LogP contribution is 2.41. The fraction of sp³-hybridized carbons (Fsp3) is 0.286. The quantitative estimate of drug-likeness (QED) is 0.855. The normalized spacial score (nSPS) is 23.6. The topological polar surface area (TPSA) is 20.2 Å². The first-order valence-corrected chi connectivity index (χ1v) is 5.52. The minimum Gasteiger partial charge on any atom is -0.395 e. The van der Waals surface area contributed by atoms with E-state index in [0.717, 1.165) is 11.1 Å². The molecule has 90 valence electrons. The SMILES string of the molecule is OCC1(CF)CC=CC=C1c1ccc(F)cc1. The van der Waals surface area contributed by atoms with Crippen LogP contribution in [0.25, 0.3) is 5.57 Å². The van der Waals surface area contributed by atoms with Gasteiger partial charge >= 0.3 is 0 Å². The van der Waals surface area contributed by atoms with Gasteiger partial charge in [-0.25, -0.2) is 4.39 Å². The average molecular weight is 236 g/mol. The summed E-state index contributed by atoms with van der Waals surface area (Å²) in [5.41, 5.74) is 0.597. The molecule has 1 unspecified atom stereocenters. The molecule has 1 nitrogen and oxygen atoms in total. The lowest BCUT2D eigenvalue weighted by Gasteiger charge is -2.33. The van der Waals surface area contributed by atoms with Crippen LogP contribution in [-0.4, -0.2) is 18.4 Å². The molecule has 0 amide bonds. The van der Waals surface area contributed by atoms with Gasteiger partial charge in [-0.2, -0.15) is 0 Å². The summed E-state index contributed by atoms with van der Waals surface area (Å²) < 4.78 is 26.1. The number of benzene rings is 1. The van der Waals surface area contributed by atoms with Gasteiger partial charge in [0.1, 0.15) is 12.5 Å². The highest BCUT2D eigenvalue weighted by atomic mass is 19.1. The molecule has 0 aromatic heterocycles. The Morgan fingerprint density at radius 3 is 2.53 bits per heavy atom. The predicted molar refractivity (Wildman–Crippen MR) is 63.6 cm³/mol. The Bertz CT molecular complexity index is 442. The molecule has 0 bridgehead atoms. The van der Waals surface area contributed by atoms with E-state index in [9.17, 15) is 13.9 Å². The largest absolute Gasteiger partial charge is 0.395 e. The van der Waals surface area contributed by atoms with E-state index in [2.05, 4.69) is 0 Å². The zero-order valence-electron chi connectivity index (χ0n) is 9.37. The Morgan fingerprint density at radius 1 is 1.24 bits per heavy atom. The molecule has 0 saturated heterocycles. The lowest BCUT2D eigenvalue weighted by molar-refractivity contribution is 0.147. The highest BCUT2D eigenvalue weighted by Gasteiger charge is 2.34. The van der Waals surface area contributed by atoms with Crippen LogP contribution < -0.4 is 0 Å². The van der Waals surface area contributed by atoms with Crippen LogP contribution in [0.1, 0.15) is 12.0 Å². The maximum absolute atomic E-state index is 13.2. The molecule has 0 aliphatic heterocycles. The molecule has 1 aromatic carbocycles. The molecule has 0 spiro atoms. The van der Waals surface area contributed by atoms with Gasteiger partial charge in [0.2, 0.25) is 0 Å². The number of halogens is 2. The average Bonchev–Trinajstić information content (AvgIpc) is 2.39. The van der Waals surface area contributed by atoms with Crippen molar-refractivity contribution >= 4 is 5.57 Å². The first-order chi connectivity index (χ1) is 8.22. The Hall–Kier alpha value is -1.48. The molecule has 0 heterocycles. The Labute approximate surface area is 99.1 Å². The van der Waals surface area contributed by atoms with Crippen LogP contribution in [0.15, 0.2) is 42.5 Å². The van der Waals surface area contributed by atoms with Crippen LogP contribution in [-0.2, 0) is 0 Å². The summed E-state index contributed by atoms with van der Waals surface area (Å²) in [7, 11) is 0. The first-order valence-electron chi connectivity index (χ1n) is 5.52. The van der Waals surface area contributed by atoms with Crippen molar-refractivity contribution < 1.29 is 13.9 Å². The molecule has 17 heavy (non-hydrogen) atoms. The standard InChI is InChI=1S/C14H14F2O/c15-9-14(10-17)8-2-1-3-13(14)11-4-6-12(16)7-5-11/h1-7,17H,8-10H2. The summed E-state index contributed by atoms with van der Waals surface area (Å²) in [5.74, 6) is -0.324. The van der Waals surface area contributed by atoms with Crippen LogP contribution in [0, 0.1) is 11.2 Å². The minimum atomic E-state index is -0.882. The fourth-order valence-corrected chi connectivity index (χ4v) is 2.10. The van der Waals surface area contributed by atoms with E-state index in [4.69, 9.17) is 0 Å².